The van der Waals surface area contributed by atoms with Gasteiger partial charge in [0.2, 0.25) is 0 Å². The zero-order chi connectivity index (χ0) is 14.4. The number of hydrogen-bond donors (Lipinski definition) is 0. The fraction of sp³-hybridized carbons (Fsp3) is 0.400. The van der Waals surface area contributed by atoms with Crippen LogP contribution < -0.4 is 0 Å². The molecule has 0 saturated heterocycles. The molecule has 104 valence electrons. The molecule has 0 aliphatic carbocycles. The Labute approximate surface area is 113 Å². The fourth-order valence-corrected chi connectivity index (χ4v) is 1.88. The minimum Gasteiger partial charge on any atom is -0.463 e. The van der Waals surface area contributed by atoms with Gasteiger partial charge in [-0.15, -0.1) is 0 Å². The Morgan fingerprint density at radius 2 is 2.11 bits per heavy atom. The number of rotatable bonds is 5. The first kappa shape index (κ1) is 15.4. The Kier molecular flexibility index (Phi) is 5.70. The summed E-state index contributed by atoms with van der Waals surface area (Å²) in [5.41, 5.74) is 2.52. The molecule has 0 aliphatic heterocycles. The van der Waals surface area contributed by atoms with Gasteiger partial charge < -0.3 is 9.64 Å². The van der Waals surface area contributed by atoms with Crippen LogP contribution in [0.1, 0.15) is 23.6 Å². The van der Waals surface area contributed by atoms with Gasteiger partial charge in [0.15, 0.2) is 0 Å². The van der Waals surface area contributed by atoms with Gasteiger partial charge in [-0.3, -0.25) is 0 Å². The van der Waals surface area contributed by atoms with E-state index in [0.717, 1.165) is 16.7 Å². The highest BCUT2D eigenvalue weighted by Crippen LogP contribution is 2.19. The Morgan fingerprint density at radius 3 is 2.68 bits per heavy atom. The maximum absolute atomic E-state index is 13.4. The molecule has 0 atom stereocenters. The number of nitrogens with zero attached hydrogens (tertiary/aromatic N) is 1. The van der Waals surface area contributed by atoms with E-state index in [1.165, 1.54) is 18.2 Å². The molecule has 0 spiro atoms. The molecule has 0 N–H and O–H groups in total. The first-order valence-electron chi connectivity index (χ1n) is 6.22. The van der Waals surface area contributed by atoms with Crippen LogP contribution >= 0.6 is 0 Å². The van der Waals surface area contributed by atoms with E-state index in [0.29, 0.717) is 13.2 Å². The van der Waals surface area contributed by atoms with Gasteiger partial charge in [-0.25, -0.2) is 9.18 Å². The van der Waals surface area contributed by atoms with Crippen LogP contribution in [0.15, 0.2) is 18.2 Å². The van der Waals surface area contributed by atoms with E-state index < -0.39 is 0 Å². The molecule has 4 heteroatoms. The van der Waals surface area contributed by atoms with Gasteiger partial charge in [-0.05, 0) is 62.8 Å². The summed E-state index contributed by atoms with van der Waals surface area (Å²) in [5, 5.41) is 0. The number of ether oxygens (including phenoxy) is 1. The van der Waals surface area contributed by atoms with Crippen molar-refractivity contribution in [2.24, 2.45) is 0 Å². The number of aryl methyl sites for hydroxylation is 1. The number of esters is 1. The molecule has 0 amide bonds. The smallest absolute Gasteiger partial charge is 0.330 e. The van der Waals surface area contributed by atoms with Crippen LogP contribution in [0.25, 0.3) is 6.08 Å². The highest BCUT2D eigenvalue weighted by atomic mass is 19.1. The Balaban J connectivity index is 3.07. The lowest BCUT2D eigenvalue weighted by molar-refractivity contribution is -0.137. The molecule has 0 saturated carbocycles. The molecule has 1 rings (SSSR count). The predicted molar refractivity (Wildman–Crippen MR) is 74.2 cm³/mol. The van der Waals surface area contributed by atoms with Crippen LogP contribution in [0.4, 0.5) is 4.39 Å². The van der Waals surface area contributed by atoms with Crippen LogP contribution in [-0.4, -0.2) is 31.6 Å². The van der Waals surface area contributed by atoms with Gasteiger partial charge in [-0.1, -0.05) is 0 Å². The third kappa shape index (κ3) is 4.83. The molecule has 0 aliphatic rings. The number of carbonyl (C=O) groups excluding carboxylic acids is 1. The normalized spacial score (nSPS) is 11.3. The maximum Gasteiger partial charge on any atom is 0.330 e. The minimum atomic E-state index is -0.387. The number of hydrogen-bond acceptors (Lipinski definition) is 3. The van der Waals surface area contributed by atoms with Crippen LogP contribution in [0.3, 0.4) is 0 Å². The monoisotopic (exact) mass is 265 g/mol. The van der Waals surface area contributed by atoms with E-state index >= 15 is 0 Å². The lowest BCUT2D eigenvalue weighted by Crippen LogP contribution is -2.12. The van der Waals surface area contributed by atoms with Gasteiger partial charge in [0.1, 0.15) is 5.82 Å². The average molecular weight is 265 g/mol. The van der Waals surface area contributed by atoms with Crippen molar-refractivity contribution in [2.45, 2.75) is 20.4 Å². The summed E-state index contributed by atoms with van der Waals surface area (Å²) in [6.07, 6.45) is 3.06. The lowest BCUT2D eigenvalue weighted by atomic mass is 10.0. The molecular formula is C15H20FNO2. The molecule has 0 bridgehead atoms. The van der Waals surface area contributed by atoms with Crippen LogP contribution in [0.5, 0.6) is 0 Å². The zero-order valence-electron chi connectivity index (χ0n) is 11.9. The van der Waals surface area contributed by atoms with E-state index in [9.17, 15) is 9.18 Å². The third-order valence-electron chi connectivity index (χ3n) is 2.60. The quantitative estimate of drug-likeness (QED) is 0.605. The summed E-state index contributed by atoms with van der Waals surface area (Å²) in [6, 6.07) is 2.96. The van der Waals surface area contributed by atoms with Gasteiger partial charge in [0, 0.05) is 12.6 Å². The first-order valence-corrected chi connectivity index (χ1v) is 6.22. The van der Waals surface area contributed by atoms with Crippen molar-refractivity contribution >= 4 is 12.0 Å². The highest BCUT2D eigenvalue weighted by molar-refractivity contribution is 5.87. The third-order valence-corrected chi connectivity index (χ3v) is 2.60. The van der Waals surface area contributed by atoms with Crippen molar-refractivity contribution in [1.82, 2.24) is 4.90 Å². The maximum atomic E-state index is 13.4. The van der Waals surface area contributed by atoms with Gasteiger partial charge in [0.05, 0.1) is 6.61 Å². The van der Waals surface area contributed by atoms with Crippen LogP contribution in [-0.2, 0) is 16.1 Å². The second-order valence-electron chi connectivity index (χ2n) is 4.62. The van der Waals surface area contributed by atoms with E-state index in [4.69, 9.17) is 4.74 Å². The number of benzene rings is 1. The standard InChI is InChI=1S/C15H20FNO2/c1-5-19-15(18)7-6-14-11(2)8-13(16)9-12(14)10-17(3)4/h6-9H,5,10H2,1-4H3. The number of halogens is 1. The van der Waals surface area contributed by atoms with Gasteiger partial charge in [-0.2, -0.15) is 0 Å². The summed E-state index contributed by atoms with van der Waals surface area (Å²) < 4.78 is 18.3. The summed E-state index contributed by atoms with van der Waals surface area (Å²) in [6.45, 7) is 4.54. The molecule has 0 radical (unpaired) electrons. The topological polar surface area (TPSA) is 29.5 Å². The van der Waals surface area contributed by atoms with E-state index in [-0.39, 0.29) is 11.8 Å². The van der Waals surface area contributed by atoms with Gasteiger partial charge >= 0.3 is 5.97 Å². The molecule has 19 heavy (non-hydrogen) atoms. The van der Waals surface area contributed by atoms with E-state index in [1.807, 2.05) is 25.9 Å². The average Bonchev–Trinajstić information content (AvgIpc) is 2.27. The summed E-state index contributed by atoms with van der Waals surface area (Å²) in [4.78, 5) is 13.3. The van der Waals surface area contributed by atoms with Crippen molar-refractivity contribution in [1.29, 1.82) is 0 Å². The zero-order valence-corrected chi connectivity index (χ0v) is 11.9. The molecule has 0 heterocycles. The van der Waals surface area contributed by atoms with Crippen LogP contribution in [0.2, 0.25) is 0 Å². The predicted octanol–water partition coefficient (Wildman–Crippen LogP) is 2.77. The Bertz CT molecular complexity index is 481. The molecule has 3 nitrogen and oxygen atoms in total. The Morgan fingerprint density at radius 1 is 1.42 bits per heavy atom. The van der Waals surface area contributed by atoms with E-state index in [1.54, 1.807) is 13.0 Å². The molecule has 0 fully saturated rings. The molecule has 0 aromatic heterocycles. The van der Waals surface area contributed by atoms with Crippen molar-refractivity contribution < 1.29 is 13.9 Å². The SMILES string of the molecule is CCOC(=O)C=Cc1c(C)cc(F)cc1CN(C)C. The van der Waals surface area contributed by atoms with Crippen molar-refractivity contribution in [2.75, 3.05) is 20.7 Å². The van der Waals surface area contributed by atoms with Crippen LogP contribution in [0, 0.1) is 12.7 Å². The largest absolute Gasteiger partial charge is 0.463 e. The van der Waals surface area contributed by atoms with Crippen molar-refractivity contribution in [3.8, 4) is 0 Å². The van der Waals surface area contributed by atoms with Gasteiger partial charge in [0.25, 0.3) is 0 Å². The van der Waals surface area contributed by atoms with Crippen molar-refractivity contribution in [3.05, 3.63) is 40.7 Å². The minimum absolute atomic E-state index is 0.261. The number of carbonyl (C=O) groups is 1. The summed E-state index contributed by atoms with van der Waals surface area (Å²) >= 11 is 0. The summed E-state index contributed by atoms with van der Waals surface area (Å²) in [5.74, 6) is -0.648. The second-order valence-corrected chi connectivity index (χ2v) is 4.62. The second kappa shape index (κ2) is 7.04. The Hall–Kier alpha value is -1.68. The molecule has 0 unspecified atom stereocenters. The molecule has 1 aromatic rings. The lowest BCUT2D eigenvalue weighted by Gasteiger charge is -2.14. The first-order chi connectivity index (χ1) is 8.93. The van der Waals surface area contributed by atoms with E-state index in [2.05, 4.69) is 0 Å². The summed E-state index contributed by atoms with van der Waals surface area (Å²) in [7, 11) is 3.83. The fourth-order valence-electron chi connectivity index (χ4n) is 1.88. The van der Waals surface area contributed by atoms with Crippen molar-refractivity contribution in [3.63, 3.8) is 0 Å². The molecular weight excluding hydrogens is 245 g/mol. The highest BCUT2D eigenvalue weighted by Gasteiger charge is 2.08. The molecule has 1 aromatic carbocycles.